The van der Waals surface area contributed by atoms with E-state index in [-0.39, 0.29) is 5.54 Å². The number of rotatable bonds is 3. The van der Waals surface area contributed by atoms with E-state index in [0.717, 1.165) is 6.54 Å². The van der Waals surface area contributed by atoms with Gasteiger partial charge in [0.2, 0.25) is 11.8 Å². The number of aromatic nitrogens is 2. The highest BCUT2D eigenvalue weighted by Gasteiger charge is 2.37. The first-order valence-corrected chi connectivity index (χ1v) is 8.93. The van der Waals surface area contributed by atoms with Crippen LogP contribution in [0.3, 0.4) is 0 Å². The van der Waals surface area contributed by atoms with Crippen molar-refractivity contribution in [1.82, 2.24) is 15.3 Å². The Morgan fingerprint density at radius 1 is 1.22 bits per heavy atom. The number of anilines is 1. The van der Waals surface area contributed by atoms with Crippen LogP contribution in [-0.2, 0) is 9.47 Å². The smallest absolute Gasteiger partial charge is 0.228 e. The Kier molecular flexibility index (Phi) is 5.16. The lowest BCUT2D eigenvalue weighted by Crippen LogP contribution is -2.62. The zero-order valence-electron chi connectivity index (χ0n) is 14.9. The Bertz CT molecular complexity index is 832. The SMILES string of the molecule is N#Cc1cccc(Oc2ccnc(N3CCOCC4(COCCN4)C3)n2)c1. The molecule has 1 atom stereocenters. The zero-order chi connectivity index (χ0) is 18.5. The number of nitriles is 1. The van der Waals surface area contributed by atoms with Crippen molar-refractivity contribution < 1.29 is 14.2 Å². The number of hydrogen-bond donors (Lipinski definition) is 1. The van der Waals surface area contributed by atoms with Gasteiger partial charge < -0.3 is 24.4 Å². The number of nitrogens with one attached hydrogen (secondary N) is 1. The second-order valence-electron chi connectivity index (χ2n) is 6.67. The molecular formula is C19H21N5O3. The first-order valence-electron chi connectivity index (χ1n) is 8.93. The van der Waals surface area contributed by atoms with Crippen LogP contribution in [0.15, 0.2) is 36.5 Å². The lowest BCUT2D eigenvalue weighted by Gasteiger charge is -2.39. The van der Waals surface area contributed by atoms with E-state index in [1.807, 2.05) is 0 Å². The van der Waals surface area contributed by atoms with Gasteiger partial charge in [0.1, 0.15) is 5.75 Å². The summed E-state index contributed by atoms with van der Waals surface area (Å²) in [4.78, 5) is 11.1. The van der Waals surface area contributed by atoms with Crippen molar-refractivity contribution in [2.24, 2.45) is 0 Å². The number of benzene rings is 1. The zero-order valence-corrected chi connectivity index (χ0v) is 14.9. The van der Waals surface area contributed by atoms with E-state index in [9.17, 15) is 0 Å². The van der Waals surface area contributed by atoms with Crippen LogP contribution in [0.1, 0.15) is 5.56 Å². The number of ether oxygens (including phenoxy) is 3. The highest BCUT2D eigenvalue weighted by molar-refractivity contribution is 5.39. The normalized spacial score (nSPS) is 22.9. The molecule has 0 radical (unpaired) electrons. The van der Waals surface area contributed by atoms with E-state index in [2.05, 4.69) is 26.3 Å². The summed E-state index contributed by atoms with van der Waals surface area (Å²) in [5, 5.41) is 12.6. The van der Waals surface area contributed by atoms with Crippen LogP contribution in [0.5, 0.6) is 11.6 Å². The molecule has 3 heterocycles. The average molecular weight is 367 g/mol. The molecule has 2 fully saturated rings. The van der Waals surface area contributed by atoms with Gasteiger partial charge in [-0.1, -0.05) is 6.07 Å². The quantitative estimate of drug-likeness (QED) is 0.869. The summed E-state index contributed by atoms with van der Waals surface area (Å²) in [6.45, 7) is 4.69. The highest BCUT2D eigenvalue weighted by atomic mass is 16.5. The monoisotopic (exact) mass is 367 g/mol. The van der Waals surface area contributed by atoms with E-state index in [1.54, 1.807) is 36.5 Å². The predicted octanol–water partition coefficient (Wildman–Crippen LogP) is 1.34. The average Bonchev–Trinajstić information content (AvgIpc) is 2.91. The van der Waals surface area contributed by atoms with Crippen molar-refractivity contribution in [2.45, 2.75) is 5.54 Å². The maximum atomic E-state index is 9.02. The third-order valence-corrected chi connectivity index (χ3v) is 4.59. The van der Waals surface area contributed by atoms with Crippen LogP contribution in [0.2, 0.25) is 0 Å². The second-order valence-corrected chi connectivity index (χ2v) is 6.67. The van der Waals surface area contributed by atoms with Crippen LogP contribution >= 0.6 is 0 Å². The molecule has 0 aliphatic carbocycles. The van der Waals surface area contributed by atoms with Gasteiger partial charge in [-0.2, -0.15) is 10.2 Å². The Hall–Kier alpha value is -2.73. The summed E-state index contributed by atoms with van der Waals surface area (Å²) in [6.07, 6.45) is 1.68. The maximum Gasteiger partial charge on any atom is 0.228 e. The largest absolute Gasteiger partial charge is 0.439 e. The molecule has 2 aliphatic rings. The van der Waals surface area contributed by atoms with Gasteiger partial charge in [0.25, 0.3) is 0 Å². The third kappa shape index (κ3) is 4.17. The summed E-state index contributed by atoms with van der Waals surface area (Å²) in [6, 6.07) is 10.8. The van der Waals surface area contributed by atoms with Crippen molar-refractivity contribution in [3.63, 3.8) is 0 Å². The molecule has 0 amide bonds. The van der Waals surface area contributed by atoms with Crippen LogP contribution in [0, 0.1) is 11.3 Å². The molecule has 2 aromatic rings. The van der Waals surface area contributed by atoms with Gasteiger partial charge in [0, 0.05) is 31.9 Å². The molecule has 1 unspecified atom stereocenters. The molecule has 2 aliphatic heterocycles. The van der Waals surface area contributed by atoms with Crippen molar-refractivity contribution in [2.75, 3.05) is 51.0 Å². The lowest BCUT2D eigenvalue weighted by molar-refractivity contribution is -0.00963. The molecule has 1 N–H and O–H groups in total. The highest BCUT2D eigenvalue weighted by Crippen LogP contribution is 2.24. The summed E-state index contributed by atoms with van der Waals surface area (Å²) < 4.78 is 17.3. The molecular weight excluding hydrogens is 346 g/mol. The first-order chi connectivity index (χ1) is 13.3. The Balaban J connectivity index is 1.53. The summed E-state index contributed by atoms with van der Waals surface area (Å²) >= 11 is 0. The number of hydrogen-bond acceptors (Lipinski definition) is 8. The van der Waals surface area contributed by atoms with Gasteiger partial charge in [-0.15, -0.1) is 0 Å². The molecule has 1 spiro atoms. The second kappa shape index (κ2) is 7.88. The van der Waals surface area contributed by atoms with Crippen LogP contribution in [-0.4, -0.2) is 61.6 Å². The van der Waals surface area contributed by atoms with Crippen molar-refractivity contribution >= 4 is 5.95 Å². The molecule has 140 valence electrons. The minimum absolute atomic E-state index is 0.254. The summed E-state index contributed by atoms with van der Waals surface area (Å²) in [5.41, 5.74) is 0.285. The van der Waals surface area contributed by atoms with Crippen LogP contribution in [0.25, 0.3) is 0 Å². The topological polar surface area (TPSA) is 92.5 Å². The van der Waals surface area contributed by atoms with Gasteiger partial charge in [-0.3, -0.25) is 0 Å². The van der Waals surface area contributed by atoms with Crippen LogP contribution in [0.4, 0.5) is 5.95 Å². The predicted molar refractivity (Wildman–Crippen MR) is 97.8 cm³/mol. The van der Waals surface area contributed by atoms with Gasteiger partial charge in [-0.05, 0) is 18.2 Å². The lowest BCUT2D eigenvalue weighted by atomic mass is 10.0. The fourth-order valence-electron chi connectivity index (χ4n) is 3.30. The molecule has 8 heteroatoms. The van der Waals surface area contributed by atoms with Gasteiger partial charge >= 0.3 is 0 Å². The van der Waals surface area contributed by atoms with Crippen molar-refractivity contribution in [3.8, 4) is 17.7 Å². The Morgan fingerprint density at radius 2 is 2.11 bits per heavy atom. The molecule has 0 saturated carbocycles. The van der Waals surface area contributed by atoms with E-state index >= 15 is 0 Å². The Labute approximate surface area is 157 Å². The molecule has 1 aromatic heterocycles. The van der Waals surface area contributed by atoms with Crippen molar-refractivity contribution in [1.29, 1.82) is 5.26 Å². The van der Waals surface area contributed by atoms with Crippen LogP contribution < -0.4 is 15.0 Å². The molecule has 1 aromatic carbocycles. The maximum absolute atomic E-state index is 9.02. The fraction of sp³-hybridized carbons (Fsp3) is 0.421. The fourth-order valence-corrected chi connectivity index (χ4v) is 3.30. The summed E-state index contributed by atoms with van der Waals surface area (Å²) in [5.74, 6) is 1.58. The summed E-state index contributed by atoms with van der Waals surface area (Å²) in [7, 11) is 0. The Morgan fingerprint density at radius 3 is 2.96 bits per heavy atom. The van der Waals surface area contributed by atoms with Gasteiger partial charge in [-0.25, -0.2) is 4.98 Å². The minimum atomic E-state index is -0.254. The molecule has 0 bridgehead atoms. The van der Waals surface area contributed by atoms with E-state index < -0.39 is 0 Å². The standard InChI is InChI=1S/C19H21N5O3/c20-11-15-2-1-3-16(10-15)27-17-4-5-21-18(23-17)24-7-9-26-14-19(12-24)13-25-8-6-22-19/h1-5,10,22H,6-9,12-14H2. The van der Waals surface area contributed by atoms with E-state index in [4.69, 9.17) is 19.5 Å². The number of nitrogens with zero attached hydrogens (tertiary/aromatic N) is 4. The van der Waals surface area contributed by atoms with E-state index in [1.165, 1.54) is 0 Å². The first kappa shape index (κ1) is 17.7. The minimum Gasteiger partial charge on any atom is -0.439 e. The molecule has 8 nitrogen and oxygen atoms in total. The number of morpholine rings is 1. The molecule has 27 heavy (non-hydrogen) atoms. The van der Waals surface area contributed by atoms with Crippen molar-refractivity contribution in [3.05, 3.63) is 42.1 Å². The van der Waals surface area contributed by atoms with Gasteiger partial charge in [0.05, 0.1) is 43.6 Å². The van der Waals surface area contributed by atoms with Gasteiger partial charge in [0.15, 0.2) is 0 Å². The molecule has 4 rings (SSSR count). The third-order valence-electron chi connectivity index (χ3n) is 4.59. The van der Waals surface area contributed by atoms with E-state index in [0.29, 0.717) is 62.7 Å². The molecule has 2 saturated heterocycles.